The molecule has 100 valence electrons. The highest BCUT2D eigenvalue weighted by molar-refractivity contribution is 5.66. The molecule has 20 heavy (non-hydrogen) atoms. The summed E-state index contributed by atoms with van der Waals surface area (Å²) >= 11 is 0. The van der Waals surface area contributed by atoms with E-state index in [0.717, 1.165) is 35.7 Å². The molecule has 0 bridgehead atoms. The summed E-state index contributed by atoms with van der Waals surface area (Å²) in [5.74, 6) is 0.848. The van der Waals surface area contributed by atoms with Gasteiger partial charge < -0.3 is 5.32 Å². The van der Waals surface area contributed by atoms with Crippen LogP contribution in [0.25, 0.3) is 17.0 Å². The highest BCUT2D eigenvalue weighted by atomic mass is 15.3. The van der Waals surface area contributed by atoms with E-state index >= 15 is 0 Å². The second-order valence-electron chi connectivity index (χ2n) is 5.18. The van der Waals surface area contributed by atoms with Gasteiger partial charge in [-0.25, -0.2) is 4.98 Å². The first kappa shape index (κ1) is 11.4. The van der Waals surface area contributed by atoms with Crippen LogP contribution in [-0.2, 0) is 6.42 Å². The third-order valence-corrected chi connectivity index (χ3v) is 3.74. The van der Waals surface area contributed by atoms with Crippen molar-refractivity contribution in [2.24, 2.45) is 0 Å². The molecule has 0 aliphatic carbocycles. The Morgan fingerprint density at radius 1 is 1.20 bits per heavy atom. The summed E-state index contributed by atoms with van der Waals surface area (Å²) in [5, 5.41) is 12.0. The molecule has 0 fully saturated rings. The van der Waals surface area contributed by atoms with E-state index < -0.39 is 0 Å². The van der Waals surface area contributed by atoms with Crippen molar-refractivity contribution in [1.82, 2.24) is 19.6 Å². The van der Waals surface area contributed by atoms with E-state index in [0.29, 0.717) is 0 Å². The maximum Gasteiger partial charge on any atom is 0.169 e. The lowest BCUT2D eigenvalue weighted by atomic mass is 10.0. The molecule has 0 saturated carbocycles. The average Bonchev–Trinajstić information content (AvgIpc) is 2.89. The minimum absolute atomic E-state index is 0.836. The number of aryl methyl sites for hydroxylation is 2. The molecule has 2 aromatic heterocycles. The van der Waals surface area contributed by atoms with Gasteiger partial charge in [0.05, 0.1) is 0 Å². The van der Waals surface area contributed by atoms with Crippen LogP contribution in [0.1, 0.15) is 17.7 Å². The van der Waals surface area contributed by atoms with E-state index in [2.05, 4.69) is 38.7 Å². The van der Waals surface area contributed by atoms with Gasteiger partial charge in [0, 0.05) is 29.6 Å². The second kappa shape index (κ2) is 4.30. The highest BCUT2D eigenvalue weighted by Crippen LogP contribution is 2.27. The summed E-state index contributed by atoms with van der Waals surface area (Å²) in [6.07, 6.45) is 4.08. The molecule has 0 saturated heterocycles. The average molecular weight is 265 g/mol. The smallest absolute Gasteiger partial charge is 0.169 e. The SMILES string of the molecule is Cc1cc2nnc(-c3ccc4c(c3)CCCN4)n2cn1. The summed E-state index contributed by atoms with van der Waals surface area (Å²) in [7, 11) is 0. The first-order chi connectivity index (χ1) is 9.81. The van der Waals surface area contributed by atoms with Gasteiger partial charge in [0.1, 0.15) is 6.33 Å². The third kappa shape index (κ3) is 1.74. The Kier molecular flexibility index (Phi) is 2.45. The van der Waals surface area contributed by atoms with Crippen LogP contribution in [-0.4, -0.2) is 26.1 Å². The highest BCUT2D eigenvalue weighted by Gasteiger charge is 2.13. The van der Waals surface area contributed by atoms with Crippen molar-refractivity contribution in [3.8, 4) is 11.4 Å². The largest absolute Gasteiger partial charge is 0.385 e. The first-order valence-electron chi connectivity index (χ1n) is 6.86. The van der Waals surface area contributed by atoms with Crippen LogP contribution in [0.3, 0.4) is 0 Å². The zero-order chi connectivity index (χ0) is 13.5. The van der Waals surface area contributed by atoms with Crippen LogP contribution in [0.5, 0.6) is 0 Å². The summed E-state index contributed by atoms with van der Waals surface area (Å²) in [4.78, 5) is 4.32. The number of rotatable bonds is 1. The van der Waals surface area contributed by atoms with E-state index in [-0.39, 0.29) is 0 Å². The second-order valence-corrected chi connectivity index (χ2v) is 5.18. The van der Waals surface area contributed by atoms with Crippen LogP contribution in [0, 0.1) is 6.92 Å². The standard InChI is InChI=1S/C15H15N5/c1-10-7-14-18-19-15(20(14)9-17-10)12-4-5-13-11(8-12)3-2-6-16-13/h4-5,7-9,16H,2-3,6H2,1H3. The topological polar surface area (TPSA) is 55.1 Å². The van der Waals surface area contributed by atoms with Crippen molar-refractivity contribution in [2.45, 2.75) is 19.8 Å². The van der Waals surface area contributed by atoms with E-state index in [4.69, 9.17) is 0 Å². The van der Waals surface area contributed by atoms with Crippen molar-refractivity contribution in [3.05, 3.63) is 41.9 Å². The molecule has 1 N–H and O–H groups in total. The molecule has 3 heterocycles. The Labute approximate surface area is 116 Å². The lowest BCUT2D eigenvalue weighted by Gasteiger charge is -2.18. The molecule has 0 spiro atoms. The van der Waals surface area contributed by atoms with E-state index in [1.807, 2.05) is 17.4 Å². The van der Waals surface area contributed by atoms with Gasteiger partial charge in [0.2, 0.25) is 0 Å². The molecule has 0 atom stereocenters. The number of hydrogen-bond acceptors (Lipinski definition) is 4. The molecule has 3 aromatic rings. The van der Waals surface area contributed by atoms with Gasteiger partial charge in [-0.3, -0.25) is 4.40 Å². The van der Waals surface area contributed by atoms with Crippen LogP contribution in [0.4, 0.5) is 5.69 Å². The molecular formula is C15H15N5. The summed E-state index contributed by atoms with van der Waals surface area (Å²) in [5.41, 5.74) is 5.47. The van der Waals surface area contributed by atoms with Crippen molar-refractivity contribution in [2.75, 3.05) is 11.9 Å². The Morgan fingerprint density at radius 3 is 3.10 bits per heavy atom. The number of benzene rings is 1. The van der Waals surface area contributed by atoms with Crippen molar-refractivity contribution in [1.29, 1.82) is 0 Å². The van der Waals surface area contributed by atoms with Gasteiger partial charge in [-0.1, -0.05) is 0 Å². The molecule has 0 radical (unpaired) electrons. The number of nitrogens with one attached hydrogen (secondary N) is 1. The number of aromatic nitrogens is 4. The quantitative estimate of drug-likeness (QED) is 0.734. The Morgan fingerprint density at radius 2 is 2.15 bits per heavy atom. The van der Waals surface area contributed by atoms with Crippen molar-refractivity contribution >= 4 is 11.3 Å². The molecule has 0 amide bonds. The predicted octanol–water partition coefficient (Wildman–Crippen LogP) is 2.46. The fourth-order valence-corrected chi connectivity index (χ4v) is 2.70. The van der Waals surface area contributed by atoms with Crippen molar-refractivity contribution < 1.29 is 0 Å². The third-order valence-electron chi connectivity index (χ3n) is 3.74. The molecule has 5 nitrogen and oxygen atoms in total. The summed E-state index contributed by atoms with van der Waals surface area (Å²) < 4.78 is 1.94. The van der Waals surface area contributed by atoms with Gasteiger partial charge in [0.25, 0.3) is 0 Å². The van der Waals surface area contributed by atoms with Crippen LogP contribution in [0.2, 0.25) is 0 Å². The fraction of sp³-hybridized carbons (Fsp3) is 0.267. The zero-order valence-corrected chi connectivity index (χ0v) is 11.3. The van der Waals surface area contributed by atoms with Crippen LogP contribution < -0.4 is 5.32 Å². The molecule has 5 heteroatoms. The first-order valence-corrected chi connectivity index (χ1v) is 6.86. The van der Waals surface area contributed by atoms with Gasteiger partial charge >= 0.3 is 0 Å². The molecule has 0 unspecified atom stereocenters. The molecule has 1 aromatic carbocycles. The lowest BCUT2D eigenvalue weighted by Crippen LogP contribution is -2.11. The van der Waals surface area contributed by atoms with Gasteiger partial charge in [-0.05, 0) is 43.5 Å². The Bertz CT molecular complexity index is 790. The van der Waals surface area contributed by atoms with Gasteiger partial charge in [-0.2, -0.15) is 0 Å². The fourth-order valence-electron chi connectivity index (χ4n) is 2.70. The van der Waals surface area contributed by atoms with E-state index in [9.17, 15) is 0 Å². The van der Waals surface area contributed by atoms with Crippen LogP contribution in [0.15, 0.2) is 30.6 Å². The lowest BCUT2D eigenvalue weighted by molar-refractivity contribution is 0.830. The number of nitrogens with zero attached hydrogens (tertiary/aromatic N) is 4. The predicted molar refractivity (Wildman–Crippen MR) is 77.8 cm³/mol. The van der Waals surface area contributed by atoms with E-state index in [1.54, 1.807) is 6.33 Å². The normalized spacial score (nSPS) is 14.1. The molecular weight excluding hydrogens is 250 g/mol. The maximum atomic E-state index is 4.32. The van der Waals surface area contributed by atoms with Gasteiger partial charge in [0.15, 0.2) is 11.5 Å². The molecule has 1 aliphatic rings. The van der Waals surface area contributed by atoms with E-state index in [1.165, 1.54) is 17.7 Å². The van der Waals surface area contributed by atoms with Crippen LogP contribution >= 0.6 is 0 Å². The molecule has 4 rings (SSSR count). The summed E-state index contributed by atoms with van der Waals surface area (Å²) in [6, 6.07) is 8.37. The maximum absolute atomic E-state index is 4.32. The zero-order valence-electron chi connectivity index (χ0n) is 11.3. The Hall–Kier alpha value is -2.43. The molecule has 1 aliphatic heterocycles. The van der Waals surface area contributed by atoms with Gasteiger partial charge in [-0.15, -0.1) is 10.2 Å². The van der Waals surface area contributed by atoms with Crippen molar-refractivity contribution in [3.63, 3.8) is 0 Å². The number of hydrogen-bond donors (Lipinski definition) is 1. The number of anilines is 1. The minimum Gasteiger partial charge on any atom is -0.385 e. The minimum atomic E-state index is 0.836. The Balaban J connectivity index is 1.86. The number of fused-ring (bicyclic) bond motifs is 2. The summed E-state index contributed by atoms with van der Waals surface area (Å²) in [6.45, 7) is 3.02. The monoisotopic (exact) mass is 265 g/mol.